The molecule has 0 aromatic rings. The number of rotatable bonds is 6. The van der Waals surface area contributed by atoms with Crippen LogP contribution in [-0.2, 0) is 14.3 Å². The van der Waals surface area contributed by atoms with Gasteiger partial charge in [0.1, 0.15) is 0 Å². The van der Waals surface area contributed by atoms with E-state index < -0.39 is 11.8 Å². The first-order valence-electron chi connectivity index (χ1n) is 5.19. The first kappa shape index (κ1) is 13.9. The van der Waals surface area contributed by atoms with Gasteiger partial charge >= 0.3 is 11.8 Å². The lowest BCUT2D eigenvalue weighted by Gasteiger charge is -2.10. The third-order valence-electron chi connectivity index (χ3n) is 2.01. The molecule has 5 nitrogen and oxygen atoms in total. The maximum absolute atomic E-state index is 11.2. The second-order valence-corrected chi connectivity index (χ2v) is 3.39. The molecule has 0 unspecified atom stereocenters. The van der Waals surface area contributed by atoms with Crippen molar-refractivity contribution in [3.63, 3.8) is 0 Å². The van der Waals surface area contributed by atoms with Gasteiger partial charge in [-0.15, -0.1) is 0 Å². The van der Waals surface area contributed by atoms with E-state index in [-0.39, 0.29) is 6.04 Å². The number of amides is 2. The van der Waals surface area contributed by atoms with Crippen LogP contribution in [0.25, 0.3) is 0 Å². The third kappa shape index (κ3) is 6.90. The Balaban J connectivity index is 3.65. The quantitative estimate of drug-likeness (QED) is 0.487. The van der Waals surface area contributed by atoms with Gasteiger partial charge in [-0.25, -0.2) is 0 Å². The van der Waals surface area contributed by atoms with Gasteiger partial charge in [-0.3, -0.25) is 9.59 Å². The van der Waals surface area contributed by atoms with Crippen LogP contribution < -0.4 is 10.6 Å². The maximum Gasteiger partial charge on any atom is 0.309 e. The van der Waals surface area contributed by atoms with E-state index in [2.05, 4.69) is 10.6 Å². The minimum Gasteiger partial charge on any atom is -0.385 e. The van der Waals surface area contributed by atoms with Crippen molar-refractivity contribution in [3.8, 4) is 0 Å². The number of ether oxygens (including phenoxy) is 1. The molecule has 0 aliphatic rings. The average Bonchev–Trinajstić information content (AvgIpc) is 2.23. The highest BCUT2D eigenvalue weighted by molar-refractivity contribution is 6.35. The van der Waals surface area contributed by atoms with Crippen LogP contribution in [0, 0.1) is 0 Å². The lowest BCUT2D eigenvalue weighted by Crippen LogP contribution is -2.43. The molecule has 1 atom stereocenters. The Kier molecular flexibility index (Phi) is 7.62. The van der Waals surface area contributed by atoms with Crippen molar-refractivity contribution < 1.29 is 14.3 Å². The van der Waals surface area contributed by atoms with Crippen molar-refractivity contribution >= 4 is 11.8 Å². The Hall–Kier alpha value is -1.10. The SMILES string of the molecule is CC[C@@H](C)NC(=O)C(=O)NCCCOC. The van der Waals surface area contributed by atoms with E-state index in [1.54, 1.807) is 7.11 Å². The molecule has 0 aliphatic heterocycles. The van der Waals surface area contributed by atoms with Gasteiger partial charge in [-0.05, 0) is 19.8 Å². The Morgan fingerprint density at radius 1 is 1.33 bits per heavy atom. The number of carbonyl (C=O) groups excluding carboxylic acids is 2. The average molecular weight is 216 g/mol. The number of hydrogen-bond donors (Lipinski definition) is 2. The van der Waals surface area contributed by atoms with Crippen LogP contribution in [0.5, 0.6) is 0 Å². The Bertz CT molecular complexity index is 207. The number of nitrogens with one attached hydrogen (secondary N) is 2. The minimum absolute atomic E-state index is 0.0298. The molecule has 0 fully saturated rings. The molecule has 88 valence electrons. The molecule has 0 aromatic heterocycles. The molecule has 0 aromatic carbocycles. The zero-order chi connectivity index (χ0) is 11.7. The second-order valence-electron chi connectivity index (χ2n) is 3.39. The second kappa shape index (κ2) is 8.23. The van der Waals surface area contributed by atoms with Crippen molar-refractivity contribution in [1.82, 2.24) is 10.6 Å². The van der Waals surface area contributed by atoms with E-state index in [1.807, 2.05) is 13.8 Å². The van der Waals surface area contributed by atoms with E-state index in [4.69, 9.17) is 4.74 Å². The lowest BCUT2D eigenvalue weighted by atomic mass is 10.2. The molecule has 2 amide bonds. The van der Waals surface area contributed by atoms with Crippen molar-refractivity contribution in [2.24, 2.45) is 0 Å². The monoisotopic (exact) mass is 216 g/mol. The molecule has 2 N–H and O–H groups in total. The topological polar surface area (TPSA) is 67.4 Å². The summed E-state index contributed by atoms with van der Waals surface area (Å²) in [7, 11) is 1.59. The molecular weight excluding hydrogens is 196 g/mol. The molecule has 0 radical (unpaired) electrons. The van der Waals surface area contributed by atoms with Crippen LogP contribution in [-0.4, -0.2) is 38.1 Å². The van der Waals surface area contributed by atoms with E-state index >= 15 is 0 Å². The smallest absolute Gasteiger partial charge is 0.309 e. The Morgan fingerprint density at radius 2 is 2.00 bits per heavy atom. The molecule has 0 aliphatic carbocycles. The zero-order valence-corrected chi connectivity index (χ0v) is 9.63. The molecule has 0 bridgehead atoms. The van der Waals surface area contributed by atoms with Crippen LogP contribution in [0.4, 0.5) is 0 Å². The van der Waals surface area contributed by atoms with Crippen molar-refractivity contribution in [2.75, 3.05) is 20.3 Å². The molecule has 0 rings (SSSR count). The summed E-state index contributed by atoms with van der Waals surface area (Å²) in [6, 6.07) is 0.0298. The maximum atomic E-state index is 11.2. The third-order valence-corrected chi connectivity index (χ3v) is 2.01. The number of carbonyl (C=O) groups is 2. The lowest BCUT2D eigenvalue weighted by molar-refractivity contribution is -0.139. The van der Waals surface area contributed by atoms with Crippen LogP contribution in [0.2, 0.25) is 0 Å². The summed E-state index contributed by atoms with van der Waals surface area (Å²) in [5, 5.41) is 5.10. The predicted octanol–water partition coefficient (Wildman–Crippen LogP) is 0.0538. The van der Waals surface area contributed by atoms with Crippen LogP contribution in [0.15, 0.2) is 0 Å². The highest BCUT2D eigenvalue weighted by Gasteiger charge is 2.13. The summed E-state index contributed by atoms with van der Waals surface area (Å²) < 4.78 is 4.81. The van der Waals surface area contributed by atoms with Gasteiger partial charge in [0.2, 0.25) is 0 Å². The van der Waals surface area contributed by atoms with E-state index in [0.717, 1.165) is 6.42 Å². The van der Waals surface area contributed by atoms with Crippen molar-refractivity contribution in [1.29, 1.82) is 0 Å². The fourth-order valence-electron chi connectivity index (χ4n) is 0.890. The summed E-state index contributed by atoms with van der Waals surface area (Å²) in [5.41, 5.74) is 0. The normalized spacial score (nSPS) is 11.9. The minimum atomic E-state index is -0.577. The fourth-order valence-corrected chi connectivity index (χ4v) is 0.890. The van der Waals surface area contributed by atoms with Gasteiger partial charge in [0.05, 0.1) is 0 Å². The summed E-state index contributed by atoms with van der Waals surface area (Å²) in [6.07, 6.45) is 1.52. The number of hydrogen-bond acceptors (Lipinski definition) is 3. The van der Waals surface area contributed by atoms with Gasteiger partial charge in [0.15, 0.2) is 0 Å². The van der Waals surface area contributed by atoms with Crippen molar-refractivity contribution in [2.45, 2.75) is 32.7 Å². The summed E-state index contributed by atoms with van der Waals surface area (Å²) in [4.78, 5) is 22.4. The summed E-state index contributed by atoms with van der Waals surface area (Å²) >= 11 is 0. The van der Waals surface area contributed by atoms with Crippen LogP contribution >= 0.6 is 0 Å². The van der Waals surface area contributed by atoms with E-state index in [1.165, 1.54) is 0 Å². The van der Waals surface area contributed by atoms with Gasteiger partial charge in [0.25, 0.3) is 0 Å². The first-order chi connectivity index (χ1) is 7.11. The molecular formula is C10H20N2O3. The van der Waals surface area contributed by atoms with Gasteiger partial charge < -0.3 is 15.4 Å². The van der Waals surface area contributed by atoms with Gasteiger partial charge in [-0.2, -0.15) is 0 Å². The molecule has 0 heterocycles. The Labute approximate surface area is 90.6 Å². The summed E-state index contributed by atoms with van der Waals surface area (Å²) in [6.45, 7) is 4.84. The fraction of sp³-hybridized carbons (Fsp3) is 0.800. The van der Waals surface area contributed by atoms with E-state index in [0.29, 0.717) is 19.6 Å². The molecule has 15 heavy (non-hydrogen) atoms. The van der Waals surface area contributed by atoms with Crippen LogP contribution in [0.1, 0.15) is 26.7 Å². The largest absolute Gasteiger partial charge is 0.385 e. The molecule has 0 saturated carbocycles. The van der Waals surface area contributed by atoms with Gasteiger partial charge in [0, 0.05) is 26.3 Å². The highest BCUT2D eigenvalue weighted by atomic mass is 16.5. The molecule has 5 heteroatoms. The first-order valence-corrected chi connectivity index (χ1v) is 5.19. The summed E-state index contributed by atoms with van der Waals surface area (Å²) in [5.74, 6) is -1.15. The standard InChI is InChI=1S/C10H20N2O3/c1-4-8(2)12-10(14)9(13)11-6-5-7-15-3/h8H,4-7H2,1-3H3,(H,11,13)(H,12,14)/t8-/m1/s1. The zero-order valence-electron chi connectivity index (χ0n) is 9.63. The van der Waals surface area contributed by atoms with Crippen LogP contribution in [0.3, 0.4) is 0 Å². The predicted molar refractivity (Wildman–Crippen MR) is 57.4 cm³/mol. The molecule has 0 saturated heterocycles. The number of methoxy groups -OCH3 is 1. The van der Waals surface area contributed by atoms with Crippen molar-refractivity contribution in [3.05, 3.63) is 0 Å². The highest BCUT2D eigenvalue weighted by Crippen LogP contribution is 1.87. The Morgan fingerprint density at radius 3 is 2.53 bits per heavy atom. The van der Waals surface area contributed by atoms with E-state index in [9.17, 15) is 9.59 Å². The molecule has 0 spiro atoms. The van der Waals surface area contributed by atoms with Gasteiger partial charge in [-0.1, -0.05) is 6.92 Å².